The first-order valence-electron chi connectivity index (χ1n) is 9.59. The Morgan fingerprint density at radius 3 is 2.57 bits per heavy atom. The molecule has 2 aliphatic heterocycles. The minimum Gasteiger partial charge on any atom is -0.352 e. The van der Waals surface area contributed by atoms with Crippen LogP contribution in [0.3, 0.4) is 0 Å². The molecule has 2 atom stereocenters. The summed E-state index contributed by atoms with van der Waals surface area (Å²) in [5, 5.41) is 17.3. The molecule has 8 nitrogen and oxygen atoms in total. The Labute approximate surface area is 168 Å². The van der Waals surface area contributed by atoms with Crippen LogP contribution in [0.4, 0.5) is 5.69 Å². The molecule has 0 bridgehead atoms. The van der Waals surface area contributed by atoms with Gasteiger partial charge in [-0.1, -0.05) is 6.92 Å². The molecule has 2 aliphatic rings. The first-order valence-corrected chi connectivity index (χ1v) is 10.6. The first kappa shape index (κ1) is 20.6. The van der Waals surface area contributed by atoms with Gasteiger partial charge >= 0.3 is 0 Å². The van der Waals surface area contributed by atoms with Crippen LogP contribution in [0, 0.1) is 10.1 Å². The van der Waals surface area contributed by atoms with Crippen LogP contribution in [0.2, 0.25) is 0 Å². The average Bonchev–Trinajstić information content (AvgIpc) is 3.11. The summed E-state index contributed by atoms with van der Waals surface area (Å²) >= 11 is 1.77. The fourth-order valence-electron chi connectivity index (χ4n) is 3.50. The quantitative estimate of drug-likeness (QED) is 0.573. The number of nitrogens with zero attached hydrogens (tertiary/aromatic N) is 2. The average molecular weight is 407 g/mol. The second-order valence-corrected chi connectivity index (χ2v) is 8.82. The van der Waals surface area contributed by atoms with Gasteiger partial charge in [-0.15, -0.1) is 11.8 Å². The second kappa shape index (κ2) is 8.48. The maximum Gasteiger partial charge on any atom is 0.269 e. The summed E-state index contributed by atoms with van der Waals surface area (Å²) in [4.78, 5) is 36.9. The number of benzene rings is 1. The molecule has 152 valence electrons. The van der Waals surface area contributed by atoms with Gasteiger partial charge in [-0.3, -0.25) is 25.0 Å². The van der Waals surface area contributed by atoms with Crippen molar-refractivity contribution in [1.82, 2.24) is 15.5 Å². The van der Waals surface area contributed by atoms with E-state index in [1.165, 1.54) is 24.3 Å². The minimum absolute atomic E-state index is 0.0255. The number of carbonyl (C=O) groups excluding carboxylic acids is 2. The van der Waals surface area contributed by atoms with Crippen molar-refractivity contribution in [2.24, 2.45) is 0 Å². The lowest BCUT2D eigenvalue weighted by Gasteiger charge is -2.39. The smallest absolute Gasteiger partial charge is 0.269 e. The van der Waals surface area contributed by atoms with Gasteiger partial charge in [0.15, 0.2) is 0 Å². The largest absolute Gasteiger partial charge is 0.352 e. The molecule has 2 fully saturated rings. The predicted molar refractivity (Wildman–Crippen MR) is 108 cm³/mol. The molecule has 2 heterocycles. The van der Waals surface area contributed by atoms with Crippen molar-refractivity contribution < 1.29 is 14.5 Å². The van der Waals surface area contributed by atoms with E-state index < -0.39 is 4.92 Å². The van der Waals surface area contributed by atoms with Gasteiger partial charge in [0.1, 0.15) is 0 Å². The zero-order valence-corrected chi connectivity index (χ0v) is 17.0. The molecular weight excluding hydrogens is 380 g/mol. The number of carbonyl (C=O) groups is 2. The fourth-order valence-corrected chi connectivity index (χ4v) is 4.92. The van der Waals surface area contributed by atoms with Crippen LogP contribution in [0.5, 0.6) is 0 Å². The summed E-state index contributed by atoms with van der Waals surface area (Å²) in [5.74, 6) is 0.667. The maximum atomic E-state index is 12.7. The van der Waals surface area contributed by atoms with E-state index in [4.69, 9.17) is 0 Å². The summed E-state index contributed by atoms with van der Waals surface area (Å²) in [6.45, 7) is 5.23. The monoisotopic (exact) mass is 406 g/mol. The Bertz CT molecular complexity index is 747. The first-order chi connectivity index (χ1) is 13.3. The number of non-ortho nitro benzene ring substituents is 1. The van der Waals surface area contributed by atoms with Gasteiger partial charge in [-0.05, 0) is 38.3 Å². The Balaban J connectivity index is 1.55. The third-order valence-corrected chi connectivity index (χ3v) is 7.04. The Morgan fingerprint density at radius 1 is 1.36 bits per heavy atom. The Morgan fingerprint density at radius 2 is 2.00 bits per heavy atom. The summed E-state index contributed by atoms with van der Waals surface area (Å²) in [5.41, 5.74) is 0.432. The zero-order chi connectivity index (χ0) is 20.3. The summed E-state index contributed by atoms with van der Waals surface area (Å²) in [7, 11) is 0. The predicted octanol–water partition coefficient (Wildman–Crippen LogP) is 2.15. The van der Waals surface area contributed by atoms with Gasteiger partial charge < -0.3 is 10.2 Å². The lowest BCUT2D eigenvalue weighted by molar-refractivity contribution is -0.384. The van der Waals surface area contributed by atoms with Gasteiger partial charge in [-0.2, -0.15) is 0 Å². The van der Waals surface area contributed by atoms with Crippen LogP contribution in [0.25, 0.3) is 0 Å². The van der Waals surface area contributed by atoms with Gasteiger partial charge in [0.25, 0.3) is 11.6 Å². The molecule has 1 aromatic rings. The summed E-state index contributed by atoms with van der Waals surface area (Å²) < 4.78 is 0. The van der Waals surface area contributed by atoms with E-state index >= 15 is 0 Å². The Kier molecular flexibility index (Phi) is 6.24. The van der Waals surface area contributed by atoms with E-state index in [-0.39, 0.29) is 34.5 Å². The van der Waals surface area contributed by atoms with E-state index in [9.17, 15) is 19.7 Å². The van der Waals surface area contributed by atoms with Crippen LogP contribution < -0.4 is 10.6 Å². The summed E-state index contributed by atoms with van der Waals surface area (Å²) in [6.07, 6.45) is 2.43. The van der Waals surface area contributed by atoms with Gasteiger partial charge in [0.05, 0.1) is 15.8 Å². The minimum atomic E-state index is -0.476. The molecule has 0 saturated carbocycles. The van der Waals surface area contributed by atoms with E-state index in [0.717, 1.165) is 25.0 Å². The highest BCUT2D eigenvalue weighted by Gasteiger charge is 2.44. The second-order valence-electron chi connectivity index (χ2n) is 7.42. The number of likely N-dealkylation sites (tertiary alicyclic amines) is 1. The number of amides is 2. The van der Waals surface area contributed by atoms with Crippen LogP contribution >= 0.6 is 11.8 Å². The van der Waals surface area contributed by atoms with Crippen molar-refractivity contribution in [1.29, 1.82) is 0 Å². The number of nitro groups is 1. The number of rotatable bonds is 5. The van der Waals surface area contributed by atoms with Crippen molar-refractivity contribution in [2.75, 3.05) is 18.8 Å². The molecule has 0 unspecified atom stereocenters. The van der Waals surface area contributed by atoms with Gasteiger partial charge in [-0.25, -0.2) is 0 Å². The number of thioether (sulfide) groups is 1. The number of hydrogen-bond donors (Lipinski definition) is 2. The van der Waals surface area contributed by atoms with Crippen LogP contribution in [0.1, 0.15) is 43.5 Å². The molecule has 3 rings (SSSR count). The SMILES string of the molecule is CC[C@H](C)NC(=O)[C@H]1CSC2(CCN(C(=O)c3ccc([N+](=O)[O-])cc3)CC2)N1. The normalized spacial score (nSPS) is 22.1. The molecule has 9 heteroatoms. The molecule has 28 heavy (non-hydrogen) atoms. The molecule has 0 radical (unpaired) electrons. The lowest BCUT2D eigenvalue weighted by Crippen LogP contribution is -2.55. The molecule has 1 spiro atoms. The zero-order valence-electron chi connectivity index (χ0n) is 16.1. The van der Waals surface area contributed by atoms with Crippen molar-refractivity contribution in [2.45, 2.75) is 50.1 Å². The number of hydrogen-bond acceptors (Lipinski definition) is 6. The number of piperidine rings is 1. The van der Waals surface area contributed by atoms with Gasteiger partial charge in [0.2, 0.25) is 5.91 Å². The molecule has 2 N–H and O–H groups in total. The van der Waals surface area contributed by atoms with Crippen LogP contribution in [0.15, 0.2) is 24.3 Å². The molecule has 2 saturated heterocycles. The standard InChI is InChI=1S/C19H26N4O4S/c1-3-13(2)20-17(24)16-12-28-19(21-16)8-10-22(11-9-19)18(25)14-4-6-15(7-5-14)23(26)27/h4-7,13,16,21H,3,8-12H2,1-2H3,(H,20,24)/t13-,16+/m0/s1. The molecule has 0 aromatic heterocycles. The topological polar surface area (TPSA) is 105 Å². The maximum absolute atomic E-state index is 12.7. The molecule has 2 amide bonds. The Hall–Kier alpha value is -2.13. The van der Waals surface area contributed by atoms with E-state index in [0.29, 0.717) is 18.7 Å². The number of nitro benzene ring substituents is 1. The highest BCUT2D eigenvalue weighted by molar-refractivity contribution is 8.01. The highest BCUT2D eigenvalue weighted by atomic mass is 32.2. The van der Waals surface area contributed by atoms with E-state index in [1.807, 2.05) is 13.8 Å². The molecule has 1 aromatic carbocycles. The molecular formula is C19H26N4O4S. The fraction of sp³-hybridized carbons (Fsp3) is 0.579. The van der Waals surface area contributed by atoms with Crippen molar-refractivity contribution >= 4 is 29.3 Å². The van der Waals surface area contributed by atoms with E-state index in [1.54, 1.807) is 16.7 Å². The van der Waals surface area contributed by atoms with Crippen molar-refractivity contribution in [3.63, 3.8) is 0 Å². The lowest BCUT2D eigenvalue weighted by atomic mass is 10.0. The highest BCUT2D eigenvalue weighted by Crippen LogP contribution is 2.39. The third kappa shape index (κ3) is 4.47. The van der Waals surface area contributed by atoms with Crippen LogP contribution in [-0.4, -0.2) is 57.4 Å². The van der Waals surface area contributed by atoms with E-state index in [2.05, 4.69) is 10.6 Å². The van der Waals surface area contributed by atoms with Crippen molar-refractivity contribution in [3.8, 4) is 0 Å². The number of nitrogens with one attached hydrogen (secondary N) is 2. The third-order valence-electron chi connectivity index (χ3n) is 5.46. The van der Waals surface area contributed by atoms with Crippen LogP contribution in [-0.2, 0) is 4.79 Å². The summed E-state index contributed by atoms with van der Waals surface area (Å²) in [6, 6.07) is 5.68. The van der Waals surface area contributed by atoms with Crippen molar-refractivity contribution in [3.05, 3.63) is 39.9 Å². The molecule has 0 aliphatic carbocycles. The van der Waals surface area contributed by atoms with Gasteiger partial charge in [0, 0.05) is 42.6 Å².